The summed E-state index contributed by atoms with van der Waals surface area (Å²) < 4.78 is 7.18. The SMILES string of the molecule is Cc1ccn2cc(-c3ccc(C)c(NC(=O)CCc4c(C)noc4C)c3)nc2c1. The minimum atomic E-state index is -0.0316. The summed E-state index contributed by atoms with van der Waals surface area (Å²) in [6, 6.07) is 10.1. The van der Waals surface area contributed by atoms with Crippen molar-refractivity contribution in [2.75, 3.05) is 5.32 Å². The van der Waals surface area contributed by atoms with Crippen molar-refractivity contribution in [3.05, 3.63) is 70.9 Å². The minimum absolute atomic E-state index is 0.0316. The van der Waals surface area contributed by atoms with E-state index >= 15 is 0 Å². The summed E-state index contributed by atoms with van der Waals surface area (Å²) in [5.41, 5.74) is 7.59. The van der Waals surface area contributed by atoms with Crippen molar-refractivity contribution in [3.8, 4) is 11.3 Å². The van der Waals surface area contributed by atoms with Crippen LogP contribution < -0.4 is 5.32 Å². The molecule has 0 aliphatic rings. The van der Waals surface area contributed by atoms with E-state index in [2.05, 4.69) is 29.5 Å². The highest BCUT2D eigenvalue weighted by Gasteiger charge is 2.13. The average molecular weight is 388 g/mol. The molecule has 0 aliphatic heterocycles. The molecule has 29 heavy (non-hydrogen) atoms. The Hall–Kier alpha value is -3.41. The first-order valence-electron chi connectivity index (χ1n) is 9.68. The van der Waals surface area contributed by atoms with Gasteiger partial charge in [0.05, 0.1) is 11.4 Å². The zero-order chi connectivity index (χ0) is 20.5. The molecule has 4 aromatic rings. The zero-order valence-corrected chi connectivity index (χ0v) is 17.1. The van der Waals surface area contributed by atoms with Gasteiger partial charge in [-0.2, -0.15) is 0 Å². The number of imidazole rings is 1. The number of nitrogens with one attached hydrogen (secondary N) is 1. The van der Waals surface area contributed by atoms with Crippen LogP contribution in [0.15, 0.2) is 47.2 Å². The van der Waals surface area contributed by atoms with Crippen molar-refractivity contribution in [2.24, 2.45) is 0 Å². The zero-order valence-electron chi connectivity index (χ0n) is 17.1. The van der Waals surface area contributed by atoms with E-state index in [-0.39, 0.29) is 5.91 Å². The van der Waals surface area contributed by atoms with Crippen LogP contribution >= 0.6 is 0 Å². The van der Waals surface area contributed by atoms with Crippen molar-refractivity contribution in [2.45, 2.75) is 40.5 Å². The van der Waals surface area contributed by atoms with Crippen LogP contribution in [0.1, 0.15) is 34.6 Å². The largest absolute Gasteiger partial charge is 0.361 e. The molecule has 0 radical (unpaired) electrons. The second-order valence-electron chi connectivity index (χ2n) is 7.48. The maximum atomic E-state index is 12.5. The number of amides is 1. The lowest BCUT2D eigenvalue weighted by molar-refractivity contribution is -0.116. The number of aromatic nitrogens is 3. The Labute approximate surface area is 169 Å². The monoisotopic (exact) mass is 388 g/mol. The molecule has 1 N–H and O–H groups in total. The van der Waals surface area contributed by atoms with Gasteiger partial charge in [-0.3, -0.25) is 4.79 Å². The van der Waals surface area contributed by atoms with E-state index in [1.807, 2.05) is 55.8 Å². The van der Waals surface area contributed by atoms with E-state index in [9.17, 15) is 4.79 Å². The van der Waals surface area contributed by atoms with Crippen LogP contribution in [0.4, 0.5) is 5.69 Å². The Morgan fingerprint density at radius 3 is 2.72 bits per heavy atom. The maximum absolute atomic E-state index is 12.5. The van der Waals surface area contributed by atoms with E-state index in [0.717, 1.165) is 45.2 Å². The van der Waals surface area contributed by atoms with Gasteiger partial charge in [0.1, 0.15) is 11.4 Å². The van der Waals surface area contributed by atoms with Crippen LogP contribution in [0.2, 0.25) is 0 Å². The molecule has 0 unspecified atom stereocenters. The Bertz CT molecular complexity index is 1180. The van der Waals surface area contributed by atoms with Crippen molar-refractivity contribution < 1.29 is 9.32 Å². The van der Waals surface area contributed by atoms with Gasteiger partial charge in [-0.25, -0.2) is 4.98 Å². The fourth-order valence-electron chi connectivity index (χ4n) is 3.45. The average Bonchev–Trinajstić information content (AvgIpc) is 3.24. The molecule has 148 valence electrons. The number of anilines is 1. The molecule has 0 spiro atoms. The summed E-state index contributed by atoms with van der Waals surface area (Å²) in [5, 5.41) is 6.99. The minimum Gasteiger partial charge on any atom is -0.361 e. The molecule has 3 aromatic heterocycles. The molecule has 1 aromatic carbocycles. The number of carbonyl (C=O) groups excluding carboxylic acids is 1. The number of aryl methyl sites for hydroxylation is 4. The lowest BCUT2D eigenvalue weighted by Gasteiger charge is -2.10. The standard InChI is InChI=1S/C23H24N4O2/c1-14-9-10-27-13-21(24-22(27)11-14)18-6-5-15(2)20(12-18)25-23(28)8-7-19-16(3)26-29-17(19)4/h5-6,9-13H,7-8H2,1-4H3,(H,25,28). The van der Waals surface area contributed by atoms with Gasteiger partial charge in [0, 0.05) is 35.6 Å². The first kappa shape index (κ1) is 18.9. The number of pyridine rings is 1. The number of benzene rings is 1. The molecule has 0 bridgehead atoms. The summed E-state index contributed by atoms with van der Waals surface area (Å²) in [4.78, 5) is 17.2. The highest BCUT2D eigenvalue weighted by Crippen LogP contribution is 2.26. The third-order valence-electron chi connectivity index (χ3n) is 5.21. The fraction of sp³-hybridized carbons (Fsp3) is 0.261. The van der Waals surface area contributed by atoms with Crippen molar-refractivity contribution in [3.63, 3.8) is 0 Å². The molecule has 0 aliphatic carbocycles. The Morgan fingerprint density at radius 2 is 1.97 bits per heavy atom. The summed E-state index contributed by atoms with van der Waals surface area (Å²) in [6.07, 6.45) is 4.99. The van der Waals surface area contributed by atoms with Crippen molar-refractivity contribution >= 4 is 17.2 Å². The van der Waals surface area contributed by atoms with Crippen molar-refractivity contribution in [1.82, 2.24) is 14.5 Å². The number of nitrogens with zero attached hydrogens (tertiary/aromatic N) is 3. The van der Waals surface area contributed by atoms with Crippen LogP contribution in [0.25, 0.3) is 16.9 Å². The number of hydrogen-bond acceptors (Lipinski definition) is 4. The maximum Gasteiger partial charge on any atom is 0.224 e. The topological polar surface area (TPSA) is 72.4 Å². The molecule has 6 heteroatoms. The van der Waals surface area contributed by atoms with Gasteiger partial charge in [0.15, 0.2) is 0 Å². The third-order valence-corrected chi connectivity index (χ3v) is 5.21. The van der Waals surface area contributed by atoms with E-state index in [1.54, 1.807) is 0 Å². The molecule has 1 amide bonds. The van der Waals surface area contributed by atoms with Gasteiger partial charge >= 0.3 is 0 Å². The number of fused-ring (bicyclic) bond motifs is 1. The fourth-order valence-corrected chi connectivity index (χ4v) is 3.45. The van der Waals surface area contributed by atoms with Crippen LogP contribution in [0.5, 0.6) is 0 Å². The first-order valence-corrected chi connectivity index (χ1v) is 9.68. The van der Waals surface area contributed by atoms with Crippen LogP contribution in [0.3, 0.4) is 0 Å². The van der Waals surface area contributed by atoms with E-state index in [0.29, 0.717) is 12.8 Å². The molecular weight excluding hydrogens is 364 g/mol. The third kappa shape index (κ3) is 3.92. The summed E-state index contributed by atoms with van der Waals surface area (Å²) in [6.45, 7) is 7.81. The van der Waals surface area contributed by atoms with Gasteiger partial charge in [-0.15, -0.1) is 0 Å². The summed E-state index contributed by atoms with van der Waals surface area (Å²) in [7, 11) is 0. The van der Waals surface area contributed by atoms with Gasteiger partial charge in [-0.1, -0.05) is 17.3 Å². The highest BCUT2D eigenvalue weighted by molar-refractivity contribution is 5.92. The quantitative estimate of drug-likeness (QED) is 0.533. The van der Waals surface area contributed by atoms with Gasteiger partial charge in [-0.05, 0) is 63.4 Å². The molecule has 3 heterocycles. The van der Waals surface area contributed by atoms with Gasteiger partial charge in [0.2, 0.25) is 5.91 Å². The molecule has 0 saturated carbocycles. The predicted molar refractivity (Wildman–Crippen MR) is 113 cm³/mol. The molecule has 4 rings (SSSR count). The lowest BCUT2D eigenvalue weighted by Crippen LogP contribution is -2.13. The highest BCUT2D eigenvalue weighted by atomic mass is 16.5. The van der Waals surface area contributed by atoms with Gasteiger partial charge < -0.3 is 14.2 Å². The van der Waals surface area contributed by atoms with Crippen molar-refractivity contribution in [1.29, 1.82) is 0 Å². The number of hydrogen-bond donors (Lipinski definition) is 1. The molecule has 0 atom stereocenters. The Kier molecular flexibility index (Phi) is 4.92. The van der Waals surface area contributed by atoms with E-state index in [1.165, 1.54) is 5.56 Å². The molecular formula is C23H24N4O2. The predicted octanol–water partition coefficient (Wildman–Crippen LogP) is 4.79. The van der Waals surface area contributed by atoms with Crippen LogP contribution in [0, 0.1) is 27.7 Å². The van der Waals surface area contributed by atoms with Crippen LogP contribution in [-0.2, 0) is 11.2 Å². The molecule has 0 fully saturated rings. The normalized spacial score (nSPS) is 11.2. The molecule has 6 nitrogen and oxygen atoms in total. The Balaban J connectivity index is 1.52. The smallest absolute Gasteiger partial charge is 0.224 e. The van der Waals surface area contributed by atoms with E-state index < -0.39 is 0 Å². The lowest BCUT2D eigenvalue weighted by atomic mass is 10.1. The number of carbonyl (C=O) groups is 1. The Morgan fingerprint density at radius 1 is 1.14 bits per heavy atom. The van der Waals surface area contributed by atoms with Gasteiger partial charge in [0.25, 0.3) is 0 Å². The van der Waals surface area contributed by atoms with Crippen LogP contribution in [-0.4, -0.2) is 20.4 Å². The summed E-state index contributed by atoms with van der Waals surface area (Å²) >= 11 is 0. The molecule has 0 saturated heterocycles. The van der Waals surface area contributed by atoms with E-state index in [4.69, 9.17) is 9.51 Å². The second-order valence-corrected chi connectivity index (χ2v) is 7.48. The summed E-state index contributed by atoms with van der Waals surface area (Å²) in [5.74, 6) is 0.742. The first-order chi connectivity index (χ1) is 13.9. The number of rotatable bonds is 5. The second kappa shape index (κ2) is 7.54.